The van der Waals surface area contributed by atoms with Crippen molar-refractivity contribution in [1.29, 1.82) is 0 Å². The van der Waals surface area contributed by atoms with E-state index in [4.69, 9.17) is 0 Å². The second kappa shape index (κ2) is 6.87. The summed E-state index contributed by atoms with van der Waals surface area (Å²) in [5, 5.41) is 2.99. The van der Waals surface area contributed by atoms with Gasteiger partial charge in [0.05, 0.1) is 24.6 Å². The van der Waals surface area contributed by atoms with E-state index in [1.807, 2.05) is 10.6 Å². The Hall–Kier alpha value is -1.95. The van der Waals surface area contributed by atoms with Gasteiger partial charge in [0.25, 0.3) is 0 Å². The quantitative estimate of drug-likeness (QED) is 0.908. The molecule has 0 radical (unpaired) electrons. The van der Waals surface area contributed by atoms with Crippen LogP contribution in [0, 0.1) is 5.92 Å². The smallest absolute Gasteiger partial charge is 0.220 e. The Morgan fingerprint density at radius 1 is 1.36 bits per heavy atom. The lowest BCUT2D eigenvalue weighted by Gasteiger charge is -2.28. The summed E-state index contributed by atoms with van der Waals surface area (Å²) in [5.41, 5.74) is 1.78. The molecular formula is C16H23N5O. The summed E-state index contributed by atoms with van der Waals surface area (Å²) in [6.45, 7) is 2.82. The maximum Gasteiger partial charge on any atom is 0.220 e. The number of nitrogens with one attached hydrogen (secondary N) is 1. The SMILES string of the molecule is CN1CCC(CCC(=O)NCc2cnc3cnccn23)CC1. The van der Waals surface area contributed by atoms with Crippen LogP contribution in [-0.4, -0.2) is 45.3 Å². The number of carbonyl (C=O) groups excluding carboxylic acids is 1. The van der Waals surface area contributed by atoms with Crippen LogP contribution in [0.4, 0.5) is 0 Å². The van der Waals surface area contributed by atoms with E-state index >= 15 is 0 Å². The molecule has 0 spiro atoms. The third-order valence-electron chi connectivity index (χ3n) is 4.48. The molecule has 2 aromatic heterocycles. The van der Waals surface area contributed by atoms with Crippen molar-refractivity contribution in [3.8, 4) is 0 Å². The molecule has 1 amide bonds. The van der Waals surface area contributed by atoms with E-state index in [1.165, 1.54) is 12.8 Å². The van der Waals surface area contributed by atoms with Crippen LogP contribution < -0.4 is 5.32 Å². The predicted octanol–water partition coefficient (Wildman–Crippen LogP) is 1.47. The zero-order valence-electron chi connectivity index (χ0n) is 13.0. The fraction of sp³-hybridized carbons (Fsp3) is 0.562. The van der Waals surface area contributed by atoms with E-state index in [9.17, 15) is 4.79 Å². The summed E-state index contributed by atoms with van der Waals surface area (Å²) in [6, 6.07) is 0. The molecule has 1 aliphatic rings. The molecule has 2 aromatic rings. The number of aromatic nitrogens is 3. The van der Waals surface area contributed by atoms with Gasteiger partial charge in [-0.1, -0.05) is 0 Å². The second-order valence-electron chi connectivity index (χ2n) is 6.12. The van der Waals surface area contributed by atoms with Gasteiger partial charge in [-0.25, -0.2) is 4.98 Å². The lowest BCUT2D eigenvalue weighted by molar-refractivity contribution is -0.121. The van der Waals surface area contributed by atoms with Crippen LogP contribution in [0.1, 0.15) is 31.4 Å². The fourth-order valence-electron chi connectivity index (χ4n) is 2.99. The number of likely N-dealkylation sites (tertiary alicyclic amines) is 1. The van der Waals surface area contributed by atoms with Crippen LogP contribution in [-0.2, 0) is 11.3 Å². The first-order valence-corrected chi connectivity index (χ1v) is 7.93. The van der Waals surface area contributed by atoms with Crippen molar-refractivity contribution in [2.45, 2.75) is 32.2 Å². The average molecular weight is 301 g/mol. The van der Waals surface area contributed by atoms with E-state index < -0.39 is 0 Å². The summed E-state index contributed by atoms with van der Waals surface area (Å²) in [5.74, 6) is 0.826. The molecule has 0 unspecified atom stereocenters. The van der Waals surface area contributed by atoms with E-state index in [0.717, 1.165) is 30.9 Å². The van der Waals surface area contributed by atoms with Crippen LogP contribution in [0.3, 0.4) is 0 Å². The molecule has 1 N–H and O–H groups in total. The highest BCUT2D eigenvalue weighted by Crippen LogP contribution is 2.20. The number of amides is 1. The van der Waals surface area contributed by atoms with Gasteiger partial charge in [-0.2, -0.15) is 0 Å². The Kier molecular flexibility index (Phi) is 4.68. The van der Waals surface area contributed by atoms with Crippen molar-refractivity contribution >= 4 is 11.6 Å². The number of hydrogen-bond acceptors (Lipinski definition) is 4. The summed E-state index contributed by atoms with van der Waals surface area (Å²) in [7, 11) is 2.16. The largest absolute Gasteiger partial charge is 0.350 e. The van der Waals surface area contributed by atoms with Crippen LogP contribution in [0.15, 0.2) is 24.8 Å². The lowest BCUT2D eigenvalue weighted by atomic mass is 9.92. The fourth-order valence-corrected chi connectivity index (χ4v) is 2.99. The van der Waals surface area contributed by atoms with Gasteiger partial charge in [-0.3, -0.25) is 14.2 Å². The Labute approximate surface area is 130 Å². The maximum atomic E-state index is 12.0. The van der Waals surface area contributed by atoms with Gasteiger partial charge in [-0.05, 0) is 45.3 Å². The second-order valence-corrected chi connectivity index (χ2v) is 6.12. The van der Waals surface area contributed by atoms with Gasteiger partial charge in [-0.15, -0.1) is 0 Å². The minimum atomic E-state index is 0.128. The van der Waals surface area contributed by atoms with E-state index in [0.29, 0.717) is 18.9 Å². The predicted molar refractivity (Wildman–Crippen MR) is 84.3 cm³/mol. The molecule has 0 atom stereocenters. The number of imidazole rings is 1. The Balaban J connectivity index is 1.44. The summed E-state index contributed by atoms with van der Waals surface area (Å²) in [6.07, 6.45) is 11.1. The Morgan fingerprint density at radius 2 is 2.18 bits per heavy atom. The number of piperidine rings is 1. The van der Waals surface area contributed by atoms with Gasteiger partial charge < -0.3 is 10.2 Å². The molecule has 118 valence electrons. The maximum absolute atomic E-state index is 12.0. The molecule has 6 heteroatoms. The molecule has 6 nitrogen and oxygen atoms in total. The number of nitrogens with zero attached hydrogens (tertiary/aromatic N) is 4. The highest BCUT2D eigenvalue weighted by molar-refractivity contribution is 5.75. The summed E-state index contributed by atoms with van der Waals surface area (Å²) in [4.78, 5) is 22.7. The standard InChI is InChI=1S/C16H23N5O/c1-20-7-4-13(5-8-20)2-3-16(22)19-11-14-10-18-15-12-17-6-9-21(14)15/h6,9-10,12-13H,2-5,7-8,11H2,1H3,(H,19,22). The number of fused-ring (bicyclic) bond motifs is 1. The minimum absolute atomic E-state index is 0.128. The zero-order valence-corrected chi connectivity index (χ0v) is 13.0. The molecular weight excluding hydrogens is 278 g/mol. The van der Waals surface area contributed by atoms with Crippen LogP contribution in [0.5, 0.6) is 0 Å². The highest BCUT2D eigenvalue weighted by Gasteiger charge is 2.17. The lowest BCUT2D eigenvalue weighted by Crippen LogP contribution is -2.31. The number of hydrogen-bond donors (Lipinski definition) is 1. The van der Waals surface area contributed by atoms with Crippen molar-refractivity contribution in [3.05, 3.63) is 30.5 Å². The molecule has 3 rings (SSSR count). The van der Waals surface area contributed by atoms with Crippen molar-refractivity contribution in [2.24, 2.45) is 5.92 Å². The van der Waals surface area contributed by atoms with E-state index in [1.54, 1.807) is 18.6 Å². The van der Waals surface area contributed by atoms with Gasteiger partial charge in [0.15, 0.2) is 5.65 Å². The molecule has 22 heavy (non-hydrogen) atoms. The molecule has 0 saturated carbocycles. The van der Waals surface area contributed by atoms with E-state index in [-0.39, 0.29) is 5.91 Å². The average Bonchev–Trinajstić information content (AvgIpc) is 2.96. The Morgan fingerprint density at radius 3 is 3.00 bits per heavy atom. The topological polar surface area (TPSA) is 62.5 Å². The van der Waals surface area contributed by atoms with Gasteiger partial charge in [0, 0.05) is 18.8 Å². The molecule has 0 bridgehead atoms. The summed E-state index contributed by atoms with van der Waals surface area (Å²) < 4.78 is 1.95. The van der Waals surface area contributed by atoms with Crippen LogP contribution in [0.2, 0.25) is 0 Å². The number of carbonyl (C=O) groups is 1. The zero-order chi connectivity index (χ0) is 15.4. The Bertz CT molecular complexity index is 630. The number of rotatable bonds is 5. The first-order chi connectivity index (χ1) is 10.7. The molecule has 1 saturated heterocycles. The molecule has 0 aliphatic carbocycles. The first-order valence-electron chi connectivity index (χ1n) is 7.93. The van der Waals surface area contributed by atoms with Gasteiger partial charge in [0.2, 0.25) is 5.91 Å². The third kappa shape index (κ3) is 3.62. The highest BCUT2D eigenvalue weighted by atomic mass is 16.1. The normalized spacial score (nSPS) is 17.0. The minimum Gasteiger partial charge on any atom is -0.350 e. The third-order valence-corrected chi connectivity index (χ3v) is 4.48. The molecule has 1 aliphatic heterocycles. The van der Waals surface area contributed by atoms with Gasteiger partial charge >= 0.3 is 0 Å². The first kappa shape index (κ1) is 15.0. The van der Waals surface area contributed by atoms with Gasteiger partial charge in [0.1, 0.15) is 0 Å². The molecule has 1 fully saturated rings. The van der Waals surface area contributed by atoms with Crippen LogP contribution >= 0.6 is 0 Å². The van der Waals surface area contributed by atoms with E-state index in [2.05, 4.69) is 27.2 Å². The van der Waals surface area contributed by atoms with Crippen molar-refractivity contribution in [3.63, 3.8) is 0 Å². The van der Waals surface area contributed by atoms with Crippen LogP contribution in [0.25, 0.3) is 5.65 Å². The monoisotopic (exact) mass is 301 g/mol. The van der Waals surface area contributed by atoms with Crippen molar-refractivity contribution in [2.75, 3.05) is 20.1 Å². The molecule has 3 heterocycles. The van der Waals surface area contributed by atoms with Crippen molar-refractivity contribution < 1.29 is 4.79 Å². The summed E-state index contributed by atoms with van der Waals surface area (Å²) >= 11 is 0. The van der Waals surface area contributed by atoms with Crippen molar-refractivity contribution in [1.82, 2.24) is 24.6 Å². The molecule has 0 aromatic carbocycles.